The summed E-state index contributed by atoms with van der Waals surface area (Å²) < 4.78 is 10.8. The van der Waals surface area contributed by atoms with Crippen molar-refractivity contribution in [2.24, 2.45) is 0 Å². The smallest absolute Gasteiger partial charge is 0.290 e. The molecule has 154 valence electrons. The largest absolute Gasteiger partial charge is 0.503 e. The summed E-state index contributed by atoms with van der Waals surface area (Å²) in [4.78, 5) is 27.7. The number of hydrogen-bond donors (Lipinski definition) is 1. The number of methoxy groups -OCH3 is 1. The first-order valence-electron chi connectivity index (χ1n) is 9.53. The molecule has 2 aromatic carbocycles. The lowest BCUT2D eigenvalue weighted by Crippen LogP contribution is -2.32. The molecule has 1 N–H and O–H groups in total. The number of benzene rings is 2. The van der Waals surface area contributed by atoms with E-state index in [1.807, 2.05) is 18.2 Å². The number of aliphatic hydroxyl groups excluding tert-OH is 1. The maximum atomic E-state index is 13.4. The Hall–Kier alpha value is -3.09. The quantitative estimate of drug-likeness (QED) is 0.438. The number of nitrogens with zero attached hydrogens (tertiary/aromatic N) is 1. The fourth-order valence-electron chi connectivity index (χ4n) is 3.71. The molecule has 7 heteroatoms. The van der Waals surface area contributed by atoms with Gasteiger partial charge in [0.1, 0.15) is 5.58 Å². The molecule has 2 heterocycles. The van der Waals surface area contributed by atoms with Crippen molar-refractivity contribution in [3.05, 3.63) is 82.3 Å². The van der Waals surface area contributed by atoms with Gasteiger partial charge in [0.25, 0.3) is 5.91 Å². The first-order chi connectivity index (χ1) is 14.5. The summed E-state index contributed by atoms with van der Waals surface area (Å²) in [5.41, 5.74) is 1.23. The van der Waals surface area contributed by atoms with Crippen LogP contribution in [0, 0.1) is 0 Å². The Morgan fingerprint density at radius 1 is 1.20 bits per heavy atom. The van der Waals surface area contributed by atoms with Crippen molar-refractivity contribution in [3.63, 3.8) is 0 Å². The van der Waals surface area contributed by atoms with Crippen LogP contribution in [0.4, 0.5) is 0 Å². The number of para-hydroxylation sites is 1. The Morgan fingerprint density at radius 2 is 1.93 bits per heavy atom. The number of carbonyl (C=O) groups excluding carboxylic acids is 2. The maximum Gasteiger partial charge on any atom is 0.290 e. The second-order valence-corrected chi connectivity index (χ2v) is 7.48. The van der Waals surface area contributed by atoms with Gasteiger partial charge in [0, 0.05) is 30.7 Å². The molecule has 4 rings (SSSR count). The summed E-state index contributed by atoms with van der Waals surface area (Å²) in [5, 5.41) is 11.9. The number of fused-ring (bicyclic) bond motifs is 1. The van der Waals surface area contributed by atoms with Crippen LogP contribution in [-0.4, -0.2) is 42.0 Å². The van der Waals surface area contributed by atoms with E-state index in [4.69, 9.17) is 20.8 Å². The van der Waals surface area contributed by atoms with Gasteiger partial charge in [0.15, 0.2) is 11.5 Å². The van der Waals surface area contributed by atoms with Crippen LogP contribution >= 0.6 is 11.6 Å². The van der Waals surface area contributed by atoms with E-state index in [9.17, 15) is 14.7 Å². The van der Waals surface area contributed by atoms with Crippen LogP contribution in [0.25, 0.3) is 11.0 Å². The molecular weight excluding hydrogens is 406 g/mol. The Kier molecular flexibility index (Phi) is 5.61. The standard InChI is InChI=1S/C23H20ClNO5/c1-29-12-4-11-25-20(14-7-9-16(24)10-8-14)19(22(27)23(25)28)21(26)18-13-15-5-2-3-6-17(15)30-18/h2-3,5-10,13,20,27H,4,11-12H2,1H3. The normalized spacial score (nSPS) is 16.7. The van der Waals surface area contributed by atoms with Crippen molar-refractivity contribution in [1.29, 1.82) is 0 Å². The highest BCUT2D eigenvalue weighted by atomic mass is 35.5. The molecule has 0 aliphatic carbocycles. The van der Waals surface area contributed by atoms with Gasteiger partial charge in [-0.25, -0.2) is 0 Å². The Balaban J connectivity index is 1.76. The van der Waals surface area contributed by atoms with Crippen molar-refractivity contribution >= 4 is 34.3 Å². The molecular formula is C23H20ClNO5. The molecule has 0 fully saturated rings. The van der Waals surface area contributed by atoms with E-state index in [1.165, 1.54) is 4.90 Å². The molecule has 1 aliphatic heterocycles. The highest BCUT2D eigenvalue weighted by molar-refractivity contribution is 6.30. The molecule has 0 radical (unpaired) electrons. The number of ether oxygens (including phenoxy) is 1. The van der Waals surface area contributed by atoms with Crippen molar-refractivity contribution in [1.82, 2.24) is 4.90 Å². The van der Waals surface area contributed by atoms with Crippen LogP contribution in [0.1, 0.15) is 28.6 Å². The number of aliphatic hydroxyl groups is 1. The number of Topliss-reactive ketones (excluding diaryl/α,β-unsaturated/α-hetero) is 1. The zero-order valence-electron chi connectivity index (χ0n) is 16.3. The van der Waals surface area contributed by atoms with Crippen molar-refractivity contribution in [2.75, 3.05) is 20.3 Å². The molecule has 1 unspecified atom stereocenters. The molecule has 0 spiro atoms. The molecule has 0 bridgehead atoms. The van der Waals surface area contributed by atoms with Gasteiger partial charge in [-0.1, -0.05) is 41.9 Å². The lowest BCUT2D eigenvalue weighted by atomic mass is 9.95. The highest BCUT2D eigenvalue weighted by Gasteiger charge is 2.44. The summed E-state index contributed by atoms with van der Waals surface area (Å²) >= 11 is 6.01. The first kappa shape index (κ1) is 20.2. The van der Waals surface area contributed by atoms with Crippen molar-refractivity contribution in [2.45, 2.75) is 12.5 Å². The minimum absolute atomic E-state index is 0.00112. The molecule has 1 aromatic heterocycles. The molecule has 1 aliphatic rings. The number of halogens is 1. The SMILES string of the molecule is COCCCN1C(=O)C(O)=C(C(=O)c2cc3ccccc3o2)C1c1ccc(Cl)cc1. The van der Waals surface area contributed by atoms with E-state index < -0.39 is 23.5 Å². The zero-order valence-corrected chi connectivity index (χ0v) is 17.1. The molecule has 0 saturated heterocycles. The predicted molar refractivity (Wildman–Crippen MR) is 113 cm³/mol. The Morgan fingerprint density at radius 3 is 2.63 bits per heavy atom. The van der Waals surface area contributed by atoms with Gasteiger partial charge >= 0.3 is 0 Å². The second kappa shape index (κ2) is 8.34. The van der Waals surface area contributed by atoms with Gasteiger partial charge in [-0.3, -0.25) is 9.59 Å². The fraction of sp³-hybridized carbons (Fsp3) is 0.217. The number of carbonyl (C=O) groups is 2. The minimum atomic E-state index is -0.743. The van der Waals surface area contributed by atoms with Crippen LogP contribution in [0.3, 0.4) is 0 Å². The maximum absolute atomic E-state index is 13.4. The second-order valence-electron chi connectivity index (χ2n) is 7.04. The number of furan rings is 1. The highest BCUT2D eigenvalue weighted by Crippen LogP contribution is 2.40. The first-order valence-corrected chi connectivity index (χ1v) is 9.91. The average molecular weight is 426 g/mol. The lowest BCUT2D eigenvalue weighted by Gasteiger charge is -2.26. The summed E-state index contributed by atoms with van der Waals surface area (Å²) in [6, 6.07) is 15.0. The third-order valence-electron chi connectivity index (χ3n) is 5.13. The van der Waals surface area contributed by atoms with Crippen LogP contribution in [-0.2, 0) is 9.53 Å². The summed E-state index contributed by atoms with van der Waals surface area (Å²) in [7, 11) is 1.58. The Labute approximate surface area is 178 Å². The van der Waals surface area contributed by atoms with E-state index in [-0.39, 0.29) is 11.3 Å². The van der Waals surface area contributed by atoms with Crippen molar-refractivity contribution in [3.8, 4) is 0 Å². The Bertz CT molecular complexity index is 1100. The van der Waals surface area contributed by atoms with Crippen LogP contribution in [0.2, 0.25) is 5.02 Å². The molecule has 3 aromatic rings. The summed E-state index contributed by atoms with van der Waals surface area (Å²) in [6.07, 6.45) is 0.561. The minimum Gasteiger partial charge on any atom is -0.503 e. The van der Waals surface area contributed by atoms with E-state index in [2.05, 4.69) is 0 Å². The van der Waals surface area contributed by atoms with Crippen molar-refractivity contribution < 1.29 is 23.8 Å². The third kappa shape index (κ3) is 3.60. The van der Waals surface area contributed by atoms with E-state index in [0.29, 0.717) is 35.7 Å². The molecule has 1 amide bonds. The van der Waals surface area contributed by atoms with Gasteiger partial charge in [0.05, 0.1) is 11.6 Å². The van der Waals surface area contributed by atoms with Gasteiger partial charge in [-0.05, 0) is 36.2 Å². The van der Waals surface area contributed by atoms with Gasteiger partial charge in [-0.2, -0.15) is 0 Å². The van der Waals surface area contributed by atoms with Crippen LogP contribution in [0.15, 0.2) is 70.3 Å². The van der Waals surface area contributed by atoms with Gasteiger partial charge < -0.3 is 19.2 Å². The fourth-order valence-corrected chi connectivity index (χ4v) is 3.84. The summed E-state index contributed by atoms with van der Waals surface area (Å²) in [6.45, 7) is 0.770. The summed E-state index contributed by atoms with van der Waals surface area (Å²) in [5.74, 6) is -1.60. The van der Waals surface area contributed by atoms with Gasteiger partial charge in [0.2, 0.25) is 5.78 Å². The zero-order chi connectivity index (χ0) is 21.3. The van der Waals surface area contributed by atoms with Crippen LogP contribution in [0.5, 0.6) is 0 Å². The number of rotatable bonds is 7. The average Bonchev–Trinajstić information content (AvgIpc) is 3.29. The van der Waals surface area contributed by atoms with E-state index in [0.717, 1.165) is 5.39 Å². The van der Waals surface area contributed by atoms with Gasteiger partial charge in [-0.15, -0.1) is 0 Å². The van der Waals surface area contributed by atoms with E-state index >= 15 is 0 Å². The molecule has 30 heavy (non-hydrogen) atoms. The molecule has 1 atom stereocenters. The lowest BCUT2D eigenvalue weighted by molar-refractivity contribution is -0.129. The molecule has 6 nitrogen and oxygen atoms in total. The van der Waals surface area contributed by atoms with Crippen LogP contribution < -0.4 is 0 Å². The molecule has 0 saturated carbocycles. The van der Waals surface area contributed by atoms with E-state index in [1.54, 1.807) is 43.5 Å². The predicted octanol–water partition coefficient (Wildman–Crippen LogP) is 4.70. The third-order valence-corrected chi connectivity index (χ3v) is 5.38. The monoisotopic (exact) mass is 425 g/mol. The number of ketones is 1. The number of hydrogen-bond acceptors (Lipinski definition) is 5. The number of amides is 1. The topological polar surface area (TPSA) is 80.0 Å².